The number of nitrogens with one attached hydrogen (secondary N) is 3. The van der Waals surface area contributed by atoms with E-state index < -0.39 is 42.1 Å². The third-order valence-electron chi connectivity index (χ3n) is 8.30. The van der Waals surface area contributed by atoms with E-state index in [1.807, 2.05) is 19.2 Å². The third-order valence-corrected chi connectivity index (χ3v) is 8.30. The number of ether oxygens (including phenoxy) is 4. The van der Waals surface area contributed by atoms with Crippen LogP contribution in [0.3, 0.4) is 0 Å². The quantitative estimate of drug-likeness (QED) is 0.253. The Hall–Kier alpha value is -3.56. The topological polar surface area (TPSA) is 165 Å². The number of carboxylic acids is 1. The number of carbonyl (C=O) groups excluding carboxylic acids is 3. The molecule has 2 unspecified atom stereocenters. The van der Waals surface area contributed by atoms with Crippen LogP contribution in [0.5, 0.6) is 0 Å². The molecule has 2 saturated heterocycles. The number of piperidine rings is 1. The second-order valence-electron chi connectivity index (χ2n) is 11.3. The monoisotopic (exact) mass is 628 g/mol. The van der Waals surface area contributed by atoms with Crippen molar-refractivity contribution in [2.75, 3.05) is 41.0 Å². The number of likely N-dealkylation sites (tertiary alicyclic amines) is 1. The summed E-state index contributed by atoms with van der Waals surface area (Å²) in [6.07, 6.45) is 0.750. The van der Waals surface area contributed by atoms with Gasteiger partial charge in [0.1, 0.15) is 6.04 Å². The molecule has 0 spiro atoms. The SMILES string of the molecule is COCC1CNC(c2ccc([C@@](NC(=O)OC)(OC(F)F)C(=O)O)cc2)([C@@H]2CCCCN2C(=O)[C@@H](NC(=O)OC)C(C)C)C1. The average Bonchev–Trinajstić information content (AvgIpc) is 3.43. The first-order valence-corrected chi connectivity index (χ1v) is 14.4. The van der Waals surface area contributed by atoms with Gasteiger partial charge in [0.25, 0.3) is 5.72 Å². The second-order valence-corrected chi connectivity index (χ2v) is 11.3. The smallest absolute Gasteiger partial charge is 0.409 e. The fourth-order valence-electron chi connectivity index (χ4n) is 6.26. The lowest BCUT2D eigenvalue weighted by Gasteiger charge is -2.48. The number of alkyl carbamates (subject to hydrolysis) is 2. The number of alkyl halides is 2. The van der Waals surface area contributed by atoms with E-state index >= 15 is 0 Å². The molecule has 0 radical (unpaired) electrons. The number of halogens is 2. The lowest BCUT2D eigenvalue weighted by molar-refractivity contribution is -0.232. The molecule has 2 heterocycles. The van der Waals surface area contributed by atoms with E-state index in [-0.39, 0.29) is 29.3 Å². The fraction of sp³-hybridized carbons (Fsp3) is 0.655. The minimum atomic E-state index is -3.55. The van der Waals surface area contributed by atoms with Gasteiger partial charge >= 0.3 is 24.8 Å². The zero-order valence-corrected chi connectivity index (χ0v) is 25.6. The Bertz CT molecular complexity index is 1170. The maximum atomic E-state index is 14.0. The molecule has 0 aromatic heterocycles. The number of methoxy groups -OCH3 is 3. The van der Waals surface area contributed by atoms with Crippen LogP contribution in [-0.4, -0.2) is 93.8 Å². The maximum absolute atomic E-state index is 14.0. The summed E-state index contributed by atoms with van der Waals surface area (Å²) >= 11 is 0. The van der Waals surface area contributed by atoms with Crippen LogP contribution < -0.4 is 16.0 Å². The van der Waals surface area contributed by atoms with Crippen molar-refractivity contribution in [3.05, 3.63) is 35.4 Å². The van der Waals surface area contributed by atoms with E-state index in [9.17, 15) is 33.1 Å². The van der Waals surface area contributed by atoms with Gasteiger partial charge < -0.3 is 34.9 Å². The molecule has 2 fully saturated rings. The van der Waals surface area contributed by atoms with Crippen molar-refractivity contribution >= 4 is 24.1 Å². The highest BCUT2D eigenvalue weighted by molar-refractivity contribution is 5.86. The molecule has 246 valence electrons. The van der Waals surface area contributed by atoms with Gasteiger partial charge in [-0.3, -0.25) is 14.8 Å². The average molecular weight is 629 g/mol. The van der Waals surface area contributed by atoms with E-state index in [4.69, 9.17) is 9.47 Å². The lowest BCUT2D eigenvalue weighted by Crippen LogP contribution is -2.63. The number of carbonyl (C=O) groups is 4. The minimum Gasteiger partial charge on any atom is -0.477 e. The predicted molar refractivity (Wildman–Crippen MR) is 152 cm³/mol. The summed E-state index contributed by atoms with van der Waals surface area (Å²) in [6.45, 7) is 1.55. The van der Waals surface area contributed by atoms with Crippen molar-refractivity contribution in [3.8, 4) is 0 Å². The first kappa shape index (κ1) is 34.9. The van der Waals surface area contributed by atoms with Gasteiger partial charge in [0.15, 0.2) is 0 Å². The van der Waals surface area contributed by atoms with Crippen molar-refractivity contribution in [2.45, 2.75) is 69.5 Å². The molecule has 0 aliphatic carbocycles. The number of benzene rings is 1. The van der Waals surface area contributed by atoms with Crippen LogP contribution in [0.4, 0.5) is 18.4 Å². The zero-order chi connectivity index (χ0) is 32.7. The summed E-state index contributed by atoms with van der Waals surface area (Å²) in [4.78, 5) is 52.2. The molecule has 3 amide bonds. The van der Waals surface area contributed by atoms with Gasteiger partial charge in [0.2, 0.25) is 5.91 Å². The van der Waals surface area contributed by atoms with Crippen molar-refractivity contribution in [1.29, 1.82) is 0 Å². The van der Waals surface area contributed by atoms with Gasteiger partial charge in [-0.05, 0) is 43.1 Å². The van der Waals surface area contributed by atoms with Crippen LogP contribution >= 0.6 is 0 Å². The molecule has 2 aliphatic rings. The van der Waals surface area contributed by atoms with Crippen LogP contribution in [0.15, 0.2) is 24.3 Å². The molecule has 3 rings (SSSR count). The molecule has 15 heteroatoms. The highest BCUT2D eigenvalue weighted by atomic mass is 19.3. The normalized spacial score (nSPS) is 24.0. The summed E-state index contributed by atoms with van der Waals surface area (Å²) in [6, 6.07) is 4.51. The Morgan fingerprint density at radius 1 is 1.09 bits per heavy atom. The van der Waals surface area contributed by atoms with Gasteiger partial charge in [-0.15, -0.1) is 0 Å². The van der Waals surface area contributed by atoms with Crippen molar-refractivity contribution in [1.82, 2.24) is 20.9 Å². The number of aliphatic carboxylic acids is 1. The predicted octanol–water partition coefficient (Wildman–Crippen LogP) is 2.73. The molecule has 0 bridgehead atoms. The van der Waals surface area contributed by atoms with Gasteiger partial charge in [0.05, 0.1) is 32.4 Å². The van der Waals surface area contributed by atoms with Crippen molar-refractivity contribution in [2.24, 2.45) is 11.8 Å². The molecule has 4 N–H and O–H groups in total. The fourth-order valence-corrected chi connectivity index (χ4v) is 6.26. The number of carboxylic acid groups (broad SMARTS) is 1. The molecular formula is C29H42F2N4O9. The van der Waals surface area contributed by atoms with Gasteiger partial charge in [-0.2, -0.15) is 8.78 Å². The molecule has 13 nitrogen and oxygen atoms in total. The molecule has 1 aromatic carbocycles. The number of hydrogen-bond donors (Lipinski definition) is 4. The van der Waals surface area contributed by atoms with Crippen LogP contribution in [0.1, 0.15) is 50.7 Å². The van der Waals surface area contributed by atoms with Crippen LogP contribution in [0.25, 0.3) is 0 Å². The summed E-state index contributed by atoms with van der Waals surface area (Å²) in [7, 11) is 3.78. The number of nitrogens with zero attached hydrogens (tertiary/aromatic N) is 1. The third kappa shape index (κ3) is 7.38. The second kappa shape index (κ2) is 14.9. The highest BCUT2D eigenvalue weighted by Gasteiger charge is 2.52. The Kier molecular flexibility index (Phi) is 11.9. The summed E-state index contributed by atoms with van der Waals surface area (Å²) < 4.78 is 46.0. The largest absolute Gasteiger partial charge is 0.477 e. The van der Waals surface area contributed by atoms with Crippen molar-refractivity contribution < 1.29 is 52.0 Å². The van der Waals surface area contributed by atoms with Gasteiger partial charge in [-0.25, -0.2) is 14.4 Å². The molecule has 44 heavy (non-hydrogen) atoms. The summed E-state index contributed by atoms with van der Waals surface area (Å²) in [5, 5.41) is 18.1. The molecule has 0 saturated carbocycles. The molecular weight excluding hydrogens is 586 g/mol. The van der Waals surface area contributed by atoms with Crippen molar-refractivity contribution in [3.63, 3.8) is 0 Å². The Labute approximate surface area is 254 Å². The Balaban J connectivity index is 2.10. The van der Waals surface area contributed by atoms with E-state index in [0.717, 1.165) is 20.0 Å². The number of hydrogen-bond acceptors (Lipinski definition) is 9. The highest BCUT2D eigenvalue weighted by Crippen LogP contribution is 2.43. The first-order valence-electron chi connectivity index (χ1n) is 14.4. The Morgan fingerprint density at radius 2 is 1.75 bits per heavy atom. The van der Waals surface area contributed by atoms with Crippen LogP contribution in [0, 0.1) is 11.8 Å². The standard InChI is InChI=1S/C29H42F2N4O9/c1-17(2)22(33-26(39)42-4)23(36)35-13-7-6-8-21(35)28(14-18(15-32-28)16-41-3)19-9-11-20(12-10-19)29(24(37)38,44-25(30)31)34-27(40)43-5/h9-12,17-18,21-22,25,32H,6-8,13-16H2,1-5H3,(H,33,39)(H,34,40)(H,37,38)/t18?,21-,22-,28?,29+/m0/s1. The number of rotatable bonds is 12. The summed E-state index contributed by atoms with van der Waals surface area (Å²) in [5.41, 5.74) is -3.39. The molecule has 1 aromatic rings. The minimum absolute atomic E-state index is 0.0638. The lowest BCUT2D eigenvalue weighted by atomic mass is 9.75. The van der Waals surface area contributed by atoms with E-state index in [2.05, 4.69) is 20.1 Å². The molecule has 5 atom stereocenters. The van der Waals surface area contributed by atoms with E-state index in [0.29, 0.717) is 38.1 Å². The van der Waals surface area contributed by atoms with Gasteiger partial charge in [-0.1, -0.05) is 38.1 Å². The zero-order valence-electron chi connectivity index (χ0n) is 25.6. The Morgan fingerprint density at radius 3 is 2.30 bits per heavy atom. The van der Waals surface area contributed by atoms with E-state index in [1.54, 1.807) is 24.1 Å². The maximum Gasteiger partial charge on any atom is 0.409 e. The van der Waals surface area contributed by atoms with Gasteiger partial charge in [0, 0.05) is 25.8 Å². The van der Waals surface area contributed by atoms with E-state index in [1.165, 1.54) is 19.2 Å². The first-order chi connectivity index (χ1) is 20.8. The van der Waals surface area contributed by atoms with Crippen LogP contribution in [0.2, 0.25) is 0 Å². The van der Waals surface area contributed by atoms with Crippen LogP contribution in [-0.2, 0) is 39.8 Å². The number of amides is 3. The molecule has 2 aliphatic heterocycles. The summed E-state index contributed by atoms with van der Waals surface area (Å²) in [5.74, 6) is -2.32.